The van der Waals surface area contributed by atoms with E-state index in [9.17, 15) is 18.9 Å². The molecule has 0 unspecified atom stereocenters. The van der Waals surface area contributed by atoms with Crippen LogP contribution in [0.3, 0.4) is 0 Å². The molecule has 0 radical (unpaired) electrons. The molecule has 6 rings (SSSR count). The van der Waals surface area contributed by atoms with Gasteiger partial charge in [-0.15, -0.1) is 0 Å². The normalized spacial score (nSPS) is 38.8. The minimum absolute atomic E-state index is 0.264. The summed E-state index contributed by atoms with van der Waals surface area (Å²) < 4.78 is 16.3. The molecular weight excluding hydrogens is 422 g/mol. The molecule has 2 spiro atoms. The molecule has 32 heavy (non-hydrogen) atoms. The summed E-state index contributed by atoms with van der Waals surface area (Å²) in [5, 5.41) is 12.4. The van der Waals surface area contributed by atoms with Crippen LogP contribution in [0.25, 0.3) is 5.57 Å². The van der Waals surface area contributed by atoms with Crippen LogP contribution in [0.15, 0.2) is 66.2 Å². The van der Waals surface area contributed by atoms with Crippen molar-refractivity contribution in [1.29, 1.82) is 0 Å². The SMILES string of the molecule is CC1(C)[C@@H]2CC[C@]13C[S@@](=O)N[C@@]31C(C(=O)c3ccccc3)=C(c3ccccc3)C(=O)[C@@]21O. The van der Waals surface area contributed by atoms with Crippen LogP contribution in [0.5, 0.6) is 0 Å². The third-order valence-corrected chi connectivity index (χ3v) is 10.2. The molecule has 1 aliphatic heterocycles. The van der Waals surface area contributed by atoms with Gasteiger partial charge in [0.2, 0.25) is 0 Å². The molecule has 2 bridgehead atoms. The molecule has 2 aromatic rings. The van der Waals surface area contributed by atoms with E-state index in [1.54, 1.807) is 36.4 Å². The fourth-order valence-electron chi connectivity index (χ4n) is 7.61. The Kier molecular flexibility index (Phi) is 3.87. The van der Waals surface area contributed by atoms with Crippen molar-refractivity contribution >= 4 is 28.1 Å². The fourth-order valence-corrected chi connectivity index (χ4v) is 9.65. The Labute approximate surface area is 189 Å². The number of hydrogen-bond acceptors (Lipinski definition) is 4. The van der Waals surface area contributed by atoms with E-state index in [1.807, 2.05) is 24.3 Å². The van der Waals surface area contributed by atoms with Gasteiger partial charge in [-0.1, -0.05) is 74.5 Å². The monoisotopic (exact) mass is 447 g/mol. The number of Topliss-reactive ketones (excluding diaryl/α,β-unsaturated/α-hetero) is 2. The second kappa shape index (κ2) is 6.13. The van der Waals surface area contributed by atoms with Crippen LogP contribution >= 0.6 is 0 Å². The lowest BCUT2D eigenvalue weighted by Crippen LogP contribution is -2.68. The number of fused-ring (bicyclic) bond motifs is 2. The van der Waals surface area contributed by atoms with Gasteiger partial charge in [0.05, 0.1) is 11.0 Å². The van der Waals surface area contributed by atoms with Gasteiger partial charge in [0.1, 0.15) is 5.54 Å². The van der Waals surface area contributed by atoms with Gasteiger partial charge in [0.15, 0.2) is 17.2 Å². The Bertz CT molecular complexity index is 1240. The first-order valence-corrected chi connectivity index (χ1v) is 12.4. The van der Waals surface area contributed by atoms with Crippen LogP contribution in [0.1, 0.15) is 42.6 Å². The smallest absolute Gasteiger partial charge is 0.198 e. The molecule has 0 aromatic heterocycles. The zero-order valence-electron chi connectivity index (χ0n) is 18.1. The van der Waals surface area contributed by atoms with Crippen LogP contribution in [0.2, 0.25) is 0 Å². The Hall–Kier alpha value is -2.41. The number of carbonyl (C=O) groups is 2. The second-order valence-corrected chi connectivity index (χ2v) is 11.3. The van der Waals surface area contributed by atoms with E-state index in [4.69, 9.17) is 0 Å². The summed E-state index contributed by atoms with van der Waals surface area (Å²) in [6.45, 7) is 4.12. The largest absolute Gasteiger partial charge is 0.379 e. The molecule has 1 saturated heterocycles. The van der Waals surface area contributed by atoms with E-state index < -0.39 is 38.7 Å². The van der Waals surface area contributed by atoms with E-state index in [-0.39, 0.29) is 22.8 Å². The molecule has 2 N–H and O–H groups in total. The average molecular weight is 448 g/mol. The molecular formula is C26H25NO4S. The predicted molar refractivity (Wildman–Crippen MR) is 122 cm³/mol. The minimum Gasteiger partial charge on any atom is -0.379 e. The maximum atomic E-state index is 14.2. The first-order valence-electron chi connectivity index (χ1n) is 11.1. The minimum atomic E-state index is -1.81. The molecule has 2 aromatic carbocycles. The number of aliphatic hydroxyl groups is 1. The van der Waals surface area contributed by atoms with Crippen molar-refractivity contribution in [3.63, 3.8) is 0 Å². The van der Waals surface area contributed by atoms with Gasteiger partial charge in [-0.2, -0.15) is 0 Å². The summed E-state index contributed by atoms with van der Waals surface area (Å²) in [6, 6.07) is 18.0. The van der Waals surface area contributed by atoms with Crippen molar-refractivity contribution in [2.75, 3.05) is 5.75 Å². The quantitative estimate of drug-likeness (QED) is 0.709. The standard InChI is InChI=1S/C26H25NO4S/c1-23(2)18-13-14-24(23)15-32(31)27-26(24)20(21(28)17-11-7-4-8-12-17)19(22(29)25(18,26)30)16-9-5-3-6-10-16/h3-12,18,27,30H,13-15H2,1-2H3/t18-,24-,25-,26-,32+/m0/s1. The number of ketones is 2. The number of carbonyl (C=O) groups excluding carboxylic acids is 2. The van der Waals surface area contributed by atoms with E-state index in [0.717, 1.165) is 0 Å². The van der Waals surface area contributed by atoms with Crippen LogP contribution in [0, 0.1) is 16.7 Å². The summed E-state index contributed by atoms with van der Waals surface area (Å²) in [5.74, 6) is -0.719. The zero-order chi connectivity index (χ0) is 22.5. The van der Waals surface area contributed by atoms with Gasteiger partial charge in [-0.3, -0.25) is 9.59 Å². The average Bonchev–Trinajstić information content (AvgIpc) is 3.36. The molecule has 3 aliphatic carbocycles. The highest BCUT2D eigenvalue weighted by atomic mass is 32.2. The lowest BCUT2D eigenvalue weighted by molar-refractivity contribution is -0.143. The van der Waals surface area contributed by atoms with E-state index in [0.29, 0.717) is 29.7 Å². The van der Waals surface area contributed by atoms with Crippen molar-refractivity contribution in [3.05, 3.63) is 77.4 Å². The predicted octanol–water partition coefficient (Wildman–Crippen LogP) is 3.08. The lowest BCUT2D eigenvalue weighted by atomic mass is 9.58. The first kappa shape index (κ1) is 20.2. The van der Waals surface area contributed by atoms with Crippen molar-refractivity contribution in [3.8, 4) is 0 Å². The van der Waals surface area contributed by atoms with Gasteiger partial charge >= 0.3 is 0 Å². The third kappa shape index (κ3) is 1.93. The molecule has 0 amide bonds. The Morgan fingerprint density at radius 1 is 1.06 bits per heavy atom. The molecule has 5 atom stereocenters. The molecule has 2 saturated carbocycles. The van der Waals surface area contributed by atoms with Gasteiger partial charge in [0.25, 0.3) is 0 Å². The van der Waals surface area contributed by atoms with E-state index >= 15 is 0 Å². The highest BCUT2D eigenvalue weighted by Crippen LogP contribution is 2.79. The number of nitrogens with one attached hydrogen (secondary N) is 1. The topological polar surface area (TPSA) is 83.5 Å². The molecule has 1 heterocycles. The van der Waals surface area contributed by atoms with Crippen molar-refractivity contribution in [1.82, 2.24) is 4.72 Å². The highest BCUT2D eigenvalue weighted by Gasteiger charge is 2.90. The Morgan fingerprint density at radius 3 is 2.34 bits per heavy atom. The van der Waals surface area contributed by atoms with Gasteiger partial charge in [-0.05, 0) is 23.8 Å². The molecule has 164 valence electrons. The van der Waals surface area contributed by atoms with Crippen molar-refractivity contribution < 1.29 is 18.9 Å². The van der Waals surface area contributed by atoms with Crippen LogP contribution in [-0.4, -0.2) is 37.8 Å². The maximum Gasteiger partial charge on any atom is 0.198 e. The second-order valence-electron chi connectivity index (χ2n) is 10.1. The van der Waals surface area contributed by atoms with E-state index in [1.165, 1.54) is 0 Å². The lowest BCUT2D eigenvalue weighted by Gasteiger charge is -2.48. The van der Waals surface area contributed by atoms with Crippen molar-refractivity contribution in [2.45, 2.75) is 37.8 Å². The maximum absolute atomic E-state index is 14.2. The van der Waals surface area contributed by atoms with Gasteiger partial charge in [0, 0.05) is 33.8 Å². The Morgan fingerprint density at radius 2 is 1.69 bits per heavy atom. The summed E-state index contributed by atoms with van der Waals surface area (Å²) in [5.41, 5.74) is -2.68. The zero-order valence-corrected chi connectivity index (χ0v) is 18.9. The van der Waals surface area contributed by atoms with Crippen LogP contribution in [0.4, 0.5) is 0 Å². The molecule has 6 heteroatoms. The number of rotatable bonds is 3. The van der Waals surface area contributed by atoms with Gasteiger partial charge < -0.3 is 5.11 Å². The molecule has 5 nitrogen and oxygen atoms in total. The first-order chi connectivity index (χ1) is 15.2. The summed E-state index contributed by atoms with van der Waals surface area (Å²) in [7, 11) is -1.47. The van der Waals surface area contributed by atoms with Gasteiger partial charge in [-0.25, -0.2) is 8.93 Å². The summed E-state index contributed by atoms with van der Waals surface area (Å²) >= 11 is 0. The molecule has 4 aliphatic rings. The summed E-state index contributed by atoms with van der Waals surface area (Å²) in [6.07, 6.45) is 1.39. The van der Waals surface area contributed by atoms with Crippen LogP contribution < -0.4 is 4.72 Å². The third-order valence-electron chi connectivity index (χ3n) is 8.93. The highest BCUT2D eigenvalue weighted by molar-refractivity contribution is 7.83. The fraction of sp³-hybridized carbons (Fsp3) is 0.385. The summed E-state index contributed by atoms with van der Waals surface area (Å²) in [4.78, 5) is 28.3. The van der Waals surface area contributed by atoms with E-state index in [2.05, 4.69) is 18.6 Å². The number of benzene rings is 2. The van der Waals surface area contributed by atoms with Crippen molar-refractivity contribution in [2.24, 2.45) is 16.7 Å². The molecule has 3 fully saturated rings. The number of hydrogen-bond donors (Lipinski definition) is 2. The Balaban J connectivity index is 1.73. The van der Waals surface area contributed by atoms with Crippen LogP contribution in [-0.2, 0) is 15.8 Å².